The van der Waals surface area contributed by atoms with E-state index in [1.807, 2.05) is 36.0 Å². The lowest BCUT2D eigenvalue weighted by Crippen LogP contribution is -2.41. The lowest BCUT2D eigenvalue weighted by Gasteiger charge is -2.37. The Morgan fingerprint density at radius 3 is 2.35 bits per heavy atom. The number of rotatable bonds is 5. The summed E-state index contributed by atoms with van der Waals surface area (Å²) in [5.41, 5.74) is 7.81. The number of anilines is 1. The number of methoxy groups -OCH3 is 2. The molecule has 0 spiro atoms. The molecule has 5 aromatic rings. The van der Waals surface area contributed by atoms with E-state index in [2.05, 4.69) is 70.5 Å². The molecule has 40 heavy (non-hydrogen) atoms. The van der Waals surface area contributed by atoms with Crippen molar-refractivity contribution in [1.29, 1.82) is 0 Å². The highest BCUT2D eigenvalue weighted by Gasteiger charge is 2.42. The van der Waals surface area contributed by atoms with Crippen LogP contribution in [0, 0.1) is 13.8 Å². The molecule has 4 heterocycles. The van der Waals surface area contributed by atoms with Gasteiger partial charge in [0.15, 0.2) is 23.5 Å². The molecule has 2 aliphatic heterocycles. The van der Waals surface area contributed by atoms with Gasteiger partial charge in [-0.2, -0.15) is 10.2 Å². The molecule has 200 valence electrons. The molecule has 0 saturated heterocycles. The summed E-state index contributed by atoms with van der Waals surface area (Å²) in [7, 11) is 3.34. The maximum Gasteiger partial charge on any atom is 0.179 e. The van der Waals surface area contributed by atoms with Crippen molar-refractivity contribution in [1.82, 2.24) is 24.9 Å². The molecule has 0 aliphatic carbocycles. The molecular formula is C31H29N7O2. The number of hydrogen-bond donors (Lipinski definition) is 0. The molecular weight excluding hydrogens is 502 g/mol. The molecule has 0 radical (unpaired) electrons. The third kappa shape index (κ3) is 3.77. The van der Waals surface area contributed by atoms with E-state index in [0.717, 1.165) is 58.1 Å². The number of hydrogen-bond acceptors (Lipinski definition) is 8. The summed E-state index contributed by atoms with van der Waals surface area (Å²) in [5, 5.41) is 22.3. The van der Waals surface area contributed by atoms with Crippen LogP contribution in [0.25, 0.3) is 16.6 Å². The van der Waals surface area contributed by atoms with Gasteiger partial charge in [-0.05, 0) is 62.2 Å². The summed E-state index contributed by atoms with van der Waals surface area (Å²) in [6.45, 7) is 4.78. The normalized spacial score (nSPS) is 16.1. The second kappa shape index (κ2) is 9.37. The van der Waals surface area contributed by atoms with Gasteiger partial charge in [-0.3, -0.25) is 0 Å². The van der Waals surface area contributed by atoms with Gasteiger partial charge in [0.1, 0.15) is 11.2 Å². The first kappa shape index (κ1) is 24.1. The second-order valence-corrected chi connectivity index (χ2v) is 10.1. The van der Waals surface area contributed by atoms with Gasteiger partial charge < -0.3 is 14.4 Å². The van der Waals surface area contributed by atoms with E-state index in [9.17, 15) is 0 Å². The average Bonchev–Trinajstić information content (AvgIpc) is 3.61. The molecule has 0 fully saturated rings. The predicted molar refractivity (Wildman–Crippen MR) is 154 cm³/mol. The van der Waals surface area contributed by atoms with Gasteiger partial charge in [-0.25, -0.2) is 9.69 Å². The van der Waals surface area contributed by atoms with Gasteiger partial charge in [0.25, 0.3) is 0 Å². The minimum Gasteiger partial charge on any atom is -0.493 e. The van der Waals surface area contributed by atoms with E-state index in [4.69, 9.17) is 24.8 Å². The fourth-order valence-corrected chi connectivity index (χ4v) is 5.62. The van der Waals surface area contributed by atoms with Crippen molar-refractivity contribution in [2.24, 2.45) is 5.10 Å². The number of benzene rings is 3. The monoisotopic (exact) mass is 531 g/mol. The topological polar surface area (TPSA) is 80.9 Å². The van der Waals surface area contributed by atoms with Gasteiger partial charge in [-0.1, -0.05) is 35.9 Å². The summed E-state index contributed by atoms with van der Waals surface area (Å²) >= 11 is 0. The first-order valence-electron chi connectivity index (χ1n) is 13.3. The highest BCUT2D eigenvalue weighted by molar-refractivity contribution is 6.09. The summed E-state index contributed by atoms with van der Waals surface area (Å²) in [6, 6.07) is 22.7. The maximum absolute atomic E-state index is 5.69. The highest BCUT2D eigenvalue weighted by Crippen LogP contribution is 2.44. The van der Waals surface area contributed by atoms with E-state index in [1.165, 1.54) is 11.1 Å². The van der Waals surface area contributed by atoms with Crippen LogP contribution in [0.1, 0.15) is 34.2 Å². The van der Waals surface area contributed by atoms with E-state index >= 15 is 0 Å². The number of aryl methyl sites for hydroxylation is 2. The molecule has 7 rings (SSSR count). The van der Waals surface area contributed by atoms with Crippen LogP contribution in [-0.2, 0) is 6.42 Å². The summed E-state index contributed by atoms with van der Waals surface area (Å²) in [6.07, 6.45) is 2.69. The minimum atomic E-state index is -0.175. The van der Waals surface area contributed by atoms with Gasteiger partial charge in [0, 0.05) is 18.3 Å². The van der Waals surface area contributed by atoms with Crippen LogP contribution < -0.4 is 14.5 Å². The van der Waals surface area contributed by atoms with Crippen LogP contribution in [0.15, 0.2) is 78.0 Å². The van der Waals surface area contributed by atoms with Crippen molar-refractivity contribution >= 4 is 22.4 Å². The number of hydrazone groups is 1. The van der Waals surface area contributed by atoms with Gasteiger partial charge >= 0.3 is 0 Å². The lowest BCUT2D eigenvalue weighted by molar-refractivity contribution is 0.311. The summed E-state index contributed by atoms with van der Waals surface area (Å²) < 4.78 is 13.2. The number of aromatic nitrogens is 4. The fraction of sp³-hybridized carbons (Fsp3) is 0.226. The van der Waals surface area contributed by atoms with Crippen molar-refractivity contribution in [3.63, 3.8) is 0 Å². The summed E-state index contributed by atoms with van der Waals surface area (Å²) in [5.74, 6) is 2.20. The number of amidine groups is 1. The SMILES string of the molecule is COc1cc2c(cc1OC)C1N(CC2)C(c2nnc(C)c3nn(-c4ccc(C)cc4)cc23)=NN1c1ccccc1. The molecule has 1 atom stereocenters. The van der Waals surface area contributed by atoms with Crippen LogP contribution in [0.2, 0.25) is 0 Å². The van der Waals surface area contributed by atoms with Gasteiger partial charge in [0.2, 0.25) is 0 Å². The van der Waals surface area contributed by atoms with Crippen LogP contribution >= 0.6 is 0 Å². The zero-order valence-corrected chi connectivity index (χ0v) is 22.9. The van der Waals surface area contributed by atoms with E-state index < -0.39 is 0 Å². The van der Waals surface area contributed by atoms with Crippen molar-refractivity contribution in [3.8, 4) is 17.2 Å². The Bertz CT molecular complexity index is 1760. The Balaban J connectivity index is 1.40. The second-order valence-electron chi connectivity index (χ2n) is 10.1. The average molecular weight is 532 g/mol. The molecule has 1 unspecified atom stereocenters. The molecule has 2 aliphatic rings. The first-order valence-corrected chi connectivity index (χ1v) is 13.3. The molecule has 0 saturated carbocycles. The van der Waals surface area contributed by atoms with Crippen LogP contribution in [-0.4, -0.2) is 51.5 Å². The van der Waals surface area contributed by atoms with E-state index in [-0.39, 0.29) is 6.17 Å². The van der Waals surface area contributed by atoms with Crippen molar-refractivity contribution in [2.45, 2.75) is 26.4 Å². The van der Waals surface area contributed by atoms with Crippen molar-refractivity contribution in [2.75, 3.05) is 25.8 Å². The molecule has 2 aromatic heterocycles. The van der Waals surface area contributed by atoms with Crippen LogP contribution in [0.4, 0.5) is 5.69 Å². The van der Waals surface area contributed by atoms with Crippen molar-refractivity contribution in [3.05, 3.63) is 101 Å². The Morgan fingerprint density at radius 2 is 1.60 bits per heavy atom. The quantitative estimate of drug-likeness (QED) is 0.309. The third-order valence-corrected chi connectivity index (χ3v) is 7.69. The minimum absolute atomic E-state index is 0.175. The zero-order valence-electron chi connectivity index (χ0n) is 22.9. The Hall–Kier alpha value is -4.92. The molecule has 9 nitrogen and oxygen atoms in total. The Morgan fingerprint density at radius 1 is 0.850 bits per heavy atom. The molecule has 9 heteroatoms. The standard InChI is InChI=1S/C31H29N7O2/c1-19-10-12-22(13-11-19)37-18-25-28(34-37)20(2)32-33-29(25)30-35-38(23-8-6-5-7-9-23)31-24-17-27(40-4)26(39-3)16-21(24)14-15-36(30)31/h5-13,16-18,31H,14-15H2,1-4H3. The molecule has 0 N–H and O–H groups in total. The van der Waals surface area contributed by atoms with E-state index in [0.29, 0.717) is 11.4 Å². The maximum atomic E-state index is 5.69. The zero-order chi connectivity index (χ0) is 27.4. The fourth-order valence-electron chi connectivity index (χ4n) is 5.62. The van der Waals surface area contributed by atoms with E-state index in [1.54, 1.807) is 14.2 Å². The number of fused-ring (bicyclic) bond motifs is 4. The number of ether oxygens (including phenoxy) is 2. The van der Waals surface area contributed by atoms with Crippen LogP contribution in [0.5, 0.6) is 11.5 Å². The third-order valence-electron chi connectivity index (χ3n) is 7.69. The lowest BCUT2D eigenvalue weighted by atomic mass is 9.95. The highest BCUT2D eigenvalue weighted by atomic mass is 16.5. The first-order chi connectivity index (χ1) is 19.6. The molecule has 3 aromatic carbocycles. The Kier molecular flexibility index (Phi) is 5.66. The number of nitrogens with zero attached hydrogens (tertiary/aromatic N) is 7. The predicted octanol–water partition coefficient (Wildman–Crippen LogP) is 5.19. The summed E-state index contributed by atoms with van der Waals surface area (Å²) in [4.78, 5) is 2.31. The van der Waals surface area contributed by atoms with Crippen molar-refractivity contribution < 1.29 is 9.47 Å². The molecule has 0 amide bonds. The smallest absolute Gasteiger partial charge is 0.179 e. The van der Waals surface area contributed by atoms with Crippen LogP contribution in [0.3, 0.4) is 0 Å². The Labute approximate surface area is 232 Å². The van der Waals surface area contributed by atoms with Gasteiger partial charge in [0.05, 0.1) is 36.7 Å². The largest absolute Gasteiger partial charge is 0.493 e. The molecule has 0 bridgehead atoms. The number of para-hydroxylation sites is 1. The van der Waals surface area contributed by atoms with Gasteiger partial charge in [-0.15, -0.1) is 10.2 Å².